The third-order valence-electron chi connectivity index (χ3n) is 2.45. The van der Waals surface area contributed by atoms with Crippen LogP contribution < -0.4 is 11.1 Å². The third-order valence-corrected chi connectivity index (χ3v) is 2.45. The summed E-state index contributed by atoms with van der Waals surface area (Å²) in [6.07, 6.45) is -4.10. The lowest BCUT2D eigenvalue weighted by Gasteiger charge is -2.10. The number of hydrogen-bond acceptors (Lipinski definition) is 2. The van der Waals surface area contributed by atoms with E-state index in [0.29, 0.717) is 18.7 Å². The fourth-order valence-corrected chi connectivity index (χ4v) is 1.56. The molecule has 17 heavy (non-hydrogen) atoms. The summed E-state index contributed by atoms with van der Waals surface area (Å²) in [4.78, 5) is 0. The van der Waals surface area contributed by atoms with Gasteiger partial charge >= 0.3 is 6.18 Å². The predicted octanol–water partition coefficient (Wildman–Crippen LogP) is 3.72. The number of alkyl halides is 3. The molecule has 0 unspecified atom stereocenters. The average Bonchev–Trinajstić information content (AvgIpc) is 2.18. The number of benzene rings is 1. The number of nitrogens with one attached hydrogen (secondary N) is 1. The lowest BCUT2D eigenvalue weighted by molar-refractivity contribution is -0.135. The molecule has 0 bridgehead atoms. The Labute approximate surface area is 99.0 Å². The molecule has 1 aromatic carbocycles. The molecule has 0 saturated carbocycles. The maximum absolute atomic E-state index is 11.9. The summed E-state index contributed by atoms with van der Waals surface area (Å²) in [6.45, 7) is 2.45. The Morgan fingerprint density at radius 1 is 1.24 bits per heavy atom. The highest BCUT2D eigenvalue weighted by molar-refractivity contribution is 5.57. The van der Waals surface area contributed by atoms with Gasteiger partial charge < -0.3 is 11.1 Å². The monoisotopic (exact) mass is 246 g/mol. The van der Waals surface area contributed by atoms with E-state index in [1.807, 2.05) is 19.1 Å². The van der Waals surface area contributed by atoms with Crippen molar-refractivity contribution >= 4 is 11.4 Å². The highest BCUT2D eigenvalue weighted by Crippen LogP contribution is 2.22. The molecule has 96 valence electrons. The van der Waals surface area contributed by atoms with Crippen LogP contribution in [0, 0.1) is 6.92 Å². The largest absolute Gasteiger partial charge is 0.399 e. The summed E-state index contributed by atoms with van der Waals surface area (Å²) in [6, 6.07) is 5.44. The van der Waals surface area contributed by atoms with Gasteiger partial charge in [0.15, 0.2) is 0 Å². The Morgan fingerprint density at radius 3 is 2.53 bits per heavy atom. The lowest BCUT2D eigenvalue weighted by Crippen LogP contribution is -2.09. The Kier molecular flexibility index (Phi) is 4.66. The molecule has 5 heteroatoms. The SMILES string of the molecule is Cc1cc(N)ccc1NCCCCC(F)(F)F. The molecule has 0 aliphatic carbocycles. The van der Waals surface area contributed by atoms with Crippen LogP contribution in [-0.4, -0.2) is 12.7 Å². The minimum absolute atomic E-state index is 0.157. The summed E-state index contributed by atoms with van der Waals surface area (Å²) in [5.74, 6) is 0. The van der Waals surface area contributed by atoms with Crippen LogP contribution in [0.4, 0.5) is 24.5 Å². The second-order valence-corrected chi connectivity index (χ2v) is 4.07. The Hall–Kier alpha value is -1.39. The zero-order valence-corrected chi connectivity index (χ0v) is 9.77. The molecule has 3 N–H and O–H groups in total. The molecule has 0 aliphatic heterocycles. The van der Waals surface area contributed by atoms with E-state index in [9.17, 15) is 13.2 Å². The summed E-state index contributed by atoms with van der Waals surface area (Å²) in [5.41, 5.74) is 8.21. The van der Waals surface area contributed by atoms with Crippen LogP contribution in [0.25, 0.3) is 0 Å². The predicted molar refractivity (Wildman–Crippen MR) is 64.0 cm³/mol. The van der Waals surface area contributed by atoms with E-state index in [1.54, 1.807) is 6.07 Å². The van der Waals surface area contributed by atoms with Crippen molar-refractivity contribution in [3.05, 3.63) is 23.8 Å². The summed E-state index contributed by atoms with van der Waals surface area (Å²) >= 11 is 0. The van der Waals surface area contributed by atoms with Crippen molar-refractivity contribution in [1.29, 1.82) is 0 Å². The van der Waals surface area contributed by atoms with Crippen molar-refractivity contribution in [1.82, 2.24) is 0 Å². The van der Waals surface area contributed by atoms with Crippen LogP contribution in [0.2, 0.25) is 0 Å². The first-order valence-electron chi connectivity index (χ1n) is 5.55. The van der Waals surface area contributed by atoms with E-state index in [4.69, 9.17) is 5.73 Å². The number of hydrogen-bond donors (Lipinski definition) is 2. The molecule has 1 rings (SSSR count). The van der Waals surface area contributed by atoms with E-state index in [-0.39, 0.29) is 6.42 Å². The van der Waals surface area contributed by atoms with Crippen molar-refractivity contribution in [2.75, 3.05) is 17.6 Å². The molecule has 0 radical (unpaired) electrons. The molecule has 0 fully saturated rings. The highest BCUT2D eigenvalue weighted by atomic mass is 19.4. The molecule has 0 aliphatic rings. The van der Waals surface area contributed by atoms with Crippen molar-refractivity contribution in [2.45, 2.75) is 32.4 Å². The van der Waals surface area contributed by atoms with Gasteiger partial charge in [0.1, 0.15) is 0 Å². The molecule has 0 heterocycles. The van der Waals surface area contributed by atoms with Crippen LogP contribution in [0.3, 0.4) is 0 Å². The van der Waals surface area contributed by atoms with Crippen molar-refractivity contribution in [2.24, 2.45) is 0 Å². The normalized spacial score (nSPS) is 11.5. The fourth-order valence-electron chi connectivity index (χ4n) is 1.56. The number of anilines is 2. The van der Waals surface area contributed by atoms with Gasteiger partial charge in [-0.05, 0) is 43.5 Å². The summed E-state index contributed by atoms with van der Waals surface area (Å²) < 4.78 is 35.6. The molecule has 2 nitrogen and oxygen atoms in total. The van der Waals surface area contributed by atoms with Gasteiger partial charge in [0.05, 0.1) is 0 Å². The topological polar surface area (TPSA) is 38.0 Å². The maximum atomic E-state index is 11.9. The molecule has 0 atom stereocenters. The number of rotatable bonds is 5. The number of nitrogens with two attached hydrogens (primary N) is 1. The average molecular weight is 246 g/mol. The van der Waals surface area contributed by atoms with E-state index >= 15 is 0 Å². The first kappa shape index (κ1) is 13.7. The van der Waals surface area contributed by atoms with Crippen molar-refractivity contribution < 1.29 is 13.2 Å². The minimum Gasteiger partial charge on any atom is -0.399 e. The van der Waals surface area contributed by atoms with Gasteiger partial charge in [-0.1, -0.05) is 0 Å². The smallest absolute Gasteiger partial charge is 0.389 e. The fraction of sp³-hybridized carbons (Fsp3) is 0.500. The number of nitrogen functional groups attached to an aromatic ring is 1. The maximum Gasteiger partial charge on any atom is 0.389 e. The molecule has 0 amide bonds. The zero-order valence-electron chi connectivity index (χ0n) is 9.77. The number of halogens is 3. The Morgan fingerprint density at radius 2 is 1.94 bits per heavy atom. The van der Waals surface area contributed by atoms with Crippen molar-refractivity contribution in [3.8, 4) is 0 Å². The quantitative estimate of drug-likeness (QED) is 0.613. The highest BCUT2D eigenvalue weighted by Gasteiger charge is 2.25. The lowest BCUT2D eigenvalue weighted by atomic mass is 10.1. The van der Waals surface area contributed by atoms with Crippen molar-refractivity contribution in [3.63, 3.8) is 0 Å². The summed E-state index contributed by atoms with van der Waals surface area (Å²) in [5, 5.41) is 3.10. The molecule has 1 aromatic rings. The van der Waals surface area contributed by atoms with Gasteiger partial charge in [0.25, 0.3) is 0 Å². The van der Waals surface area contributed by atoms with Crippen LogP contribution in [0.5, 0.6) is 0 Å². The van der Waals surface area contributed by atoms with Crippen LogP contribution in [0.15, 0.2) is 18.2 Å². The van der Waals surface area contributed by atoms with E-state index in [0.717, 1.165) is 11.3 Å². The van der Waals surface area contributed by atoms with Gasteiger partial charge in [-0.15, -0.1) is 0 Å². The molecule has 0 aromatic heterocycles. The van der Waals surface area contributed by atoms with Gasteiger partial charge in [-0.25, -0.2) is 0 Å². The van der Waals surface area contributed by atoms with Gasteiger partial charge in [-0.2, -0.15) is 13.2 Å². The second-order valence-electron chi connectivity index (χ2n) is 4.07. The molecular formula is C12H17F3N2. The molecule has 0 spiro atoms. The van der Waals surface area contributed by atoms with E-state index < -0.39 is 12.6 Å². The molecular weight excluding hydrogens is 229 g/mol. The van der Waals surface area contributed by atoms with Crippen LogP contribution in [0.1, 0.15) is 24.8 Å². The van der Waals surface area contributed by atoms with Crippen LogP contribution >= 0.6 is 0 Å². The number of unbranched alkanes of at least 4 members (excludes halogenated alkanes) is 1. The Balaban J connectivity index is 2.27. The second kappa shape index (κ2) is 5.80. The summed E-state index contributed by atoms with van der Waals surface area (Å²) in [7, 11) is 0. The van der Waals surface area contributed by atoms with Crippen LogP contribution in [-0.2, 0) is 0 Å². The first-order valence-corrected chi connectivity index (χ1v) is 5.55. The van der Waals surface area contributed by atoms with E-state index in [2.05, 4.69) is 5.32 Å². The third kappa shape index (κ3) is 5.47. The van der Waals surface area contributed by atoms with E-state index in [1.165, 1.54) is 0 Å². The number of aryl methyl sites for hydroxylation is 1. The Bertz CT molecular complexity index is 361. The minimum atomic E-state index is -4.04. The van der Waals surface area contributed by atoms with Gasteiger partial charge in [0, 0.05) is 24.3 Å². The van der Waals surface area contributed by atoms with Gasteiger partial charge in [-0.3, -0.25) is 0 Å². The standard InChI is InChI=1S/C12H17F3N2/c1-9-8-10(16)4-5-11(9)17-7-3-2-6-12(13,14)15/h4-5,8,17H,2-3,6-7,16H2,1H3. The first-order chi connectivity index (χ1) is 7.88. The molecule has 0 saturated heterocycles. The zero-order chi connectivity index (χ0) is 12.9. The van der Waals surface area contributed by atoms with Gasteiger partial charge in [0.2, 0.25) is 0 Å².